The van der Waals surface area contributed by atoms with Gasteiger partial charge in [-0.25, -0.2) is 0 Å². The average Bonchev–Trinajstić information content (AvgIpc) is 2.16. The maximum atomic E-state index is 10.6. The van der Waals surface area contributed by atoms with Gasteiger partial charge < -0.3 is 16.6 Å². The number of hydrogen-bond donors (Lipinski definition) is 3. The van der Waals surface area contributed by atoms with Crippen LogP contribution in [0.5, 0.6) is 0 Å². The summed E-state index contributed by atoms with van der Waals surface area (Å²) < 4.78 is 0. The number of nitrogens with zero attached hydrogens (tertiary/aromatic N) is 1. The molecular weight excluding hydrogens is 206 g/mol. The van der Waals surface area contributed by atoms with Gasteiger partial charge in [-0.05, 0) is 33.6 Å². The van der Waals surface area contributed by atoms with E-state index in [-0.39, 0.29) is 0 Å². The highest BCUT2D eigenvalue weighted by Crippen LogP contribution is 2.13. The second-order valence-electron chi connectivity index (χ2n) is 3.98. The lowest BCUT2D eigenvalue weighted by atomic mass is 10.0. The summed E-state index contributed by atoms with van der Waals surface area (Å²) >= 11 is 0. The Balaban J connectivity index is 4.25. The molecule has 0 aliphatic carbocycles. The third kappa shape index (κ3) is 6.19. The van der Waals surface area contributed by atoms with Gasteiger partial charge >= 0.3 is 5.97 Å². The van der Waals surface area contributed by atoms with E-state index in [1.807, 2.05) is 13.8 Å². The Morgan fingerprint density at radius 1 is 1.31 bits per heavy atom. The maximum Gasteiger partial charge on any atom is 0.320 e. The molecule has 0 spiro atoms. The molecule has 5 nitrogen and oxygen atoms in total. The molecule has 16 heavy (non-hydrogen) atoms. The van der Waals surface area contributed by atoms with Crippen molar-refractivity contribution < 1.29 is 9.90 Å². The van der Waals surface area contributed by atoms with Gasteiger partial charge in [-0.1, -0.05) is 11.1 Å². The first kappa shape index (κ1) is 14.6. The Morgan fingerprint density at radius 3 is 2.31 bits per heavy atom. The molecule has 0 aromatic carbocycles. The highest BCUT2D eigenvalue weighted by atomic mass is 16.4. The Morgan fingerprint density at radius 2 is 1.88 bits per heavy atom. The van der Waals surface area contributed by atoms with Crippen molar-refractivity contribution in [2.24, 2.45) is 16.5 Å². The number of aliphatic imine (C=N–C) groups is 1. The number of nitrogens with two attached hydrogens (primary N) is 2. The summed E-state index contributed by atoms with van der Waals surface area (Å²) in [6, 6.07) is -0.824. The molecule has 0 aromatic heterocycles. The fraction of sp³-hybridized carbons (Fsp3) is 0.636. The minimum absolute atomic E-state index is 0.381. The third-order valence-electron chi connectivity index (χ3n) is 2.42. The quantitative estimate of drug-likeness (QED) is 0.356. The molecule has 1 unspecified atom stereocenters. The summed E-state index contributed by atoms with van der Waals surface area (Å²) in [5.41, 5.74) is 13.0. The summed E-state index contributed by atoms with van der Waals surface area (Å²) in [6.07, 6.45) is 1.17. The lowest BCUT2D eigenvalue weighted by Crippen LogP contribution is -2.30. The Bertz CT molecular complexity index is 304. The van der Waals surface area contributed by atoms with E-state index >= 15 is 0 Å². The lowest BCUT2D eigenvalue weighted by Gasteiger charge is -2.10. The molecule has 0 saturated heterocycles. The van der Waals surface area contributed by atoms with Crippen LogP contribution in [-0.2, 0) is 4.79 Å². The van der Waals surface area contributed by atoms with Crippen molar-refractivity contribution in [1.82, 2.24) is 0 Å². The van der Waals surface area contributed by atoms with Crippen molar-refractivity contribution >= 4 is 11.8 Å². The van der Waals surface area contributed by atoms with E-state index in [0.717, 1.165) is 17.6 Å². The predicted molar refractivity (Wildman–Crippen MR) is 65.4 cm³/mol. The normalized spacial score (nSPS) is 15.6. The molecule has 5 N–H and O–H groups in total. The molecule has 0 aromatic rings. The van der Waals surface area contributed by atoms with E-state index < -0.39 is 12.0 Å². The minimum atomic E-state index is -0.969. The summed E-state index contributed by atoms with van der Waals surface area (Å²) in [5.74, 6) is -0.407. The highest BCUT2D eigenvalue weighted by Gasteiger charge is 2.12. The van der Waals surface area contributed by atoms with Gasteiger partial charge in [-0.3, -0.25) is 9.79 Å². The Hall–Kier alpha value is -1.36. The molecule has 0 aliphatic rings. The van der Waals surface area contributed by atoms with Crippen LogP contribution in [0, 0.1) is 0 Å². The van der Waals surface area contributed by atoms with Crippen molar-refractivity contribution in [2.45, 2.75) is 39.7 Å². The maximum absolute atomic E-state index is 10.6. The van der Waals surface area contributed by atoms with Gasteiger partial charge in [-0.2, -0.15) is 0 Å². The van der Waals surface area contributed by atoms with Crippen LogP contribution in [0.2, 0.25) is 0 Å². The molecular formula is C11H21N3O2. The molecule has 0 heterocycles. The standard InChI is InChI=1S/C11H21N3O2/c1-7(4-5-14-9(3)12)8(2)6-10(13)11(15)16/h10H,4-6,13H2,1-3H3,(H2,12,14)(H,15,16). The van der Waals surface area contributed by atoms with Gasteiger partial charge in [0.2, 0.25) is 0 Å². The SMILES string of the molecule is CC(N)=NCCC(C)=C(C)CC(N)C(=O)O. The van der Waals surface area contributed by atoms with Crippen molar-refractivity contribution in [3.63, 3.8) is 0 Å². The topological polar surface area (TPSA) is 102 Å². The number of carbonyl (C=O) groups is 1. The molecule has 0 rings (SSSR count). The molecule has 0 radical (unpaired) electrons. The zero-order valence-electron chi connectivity index (χ0n) is 10.2. The predicted octanol–water partition coefficient (Wildman–Crippen LogP) is 0.892. The van der Waals surface area contributed by atoms with Crippen molar-refractivity contribution in [3.8, 4) is 0 Å². The summed E-state index contributed by atoms with van der Waals surface area (Å²) in [6.45, 7) is 6.24. The van der Waals surface area contributed by atoms with Crippen molar-refractivity contribution in [1.29, 1.82) is 0 Å². The molecule has 0 bridgehead atoms. The smallest absolute Gasteiger partial charge is 0.320 e. The molecule has 0 amide bonds. The molecule has 0 fully saturated rings. The zero-order valence-corrected chi connectivity index (χ0v) is 10.2. The number of carboxylic acid groups (broad SMARTS) is 1. The van der Waals surface area contributed by atoms with Gasteiger partial charge in [0, 0.05) is 6.54 Å². The molecule has 0 saturated carbocycles. The van der Waals surface area contributed by atoms with Gasteiger partial charge in [0.1, 0.15) is 6.04 Å². The van der Waals surface area contributed by atoms with Gasteiger partial charge in [0.15, 0.2) is 0 Å². The molecule has 5 heteroatoms. The number of carboxylic acids is 1. The third-order valence-corrected chi connectivity index (χ3v) is 2.42. The largest absolute Gasteiger partial charge is 0.480 e. The summed E-state index contributed by atoms with van der Waals surface area (Å²) in [7, 11) is 0. The zero-order chi connectivity index (χ0) is 12.7. The highest BCUT2D eigenvalue weighted by molar-refractivity contribution is 5.77. The first-order chi connectivity index (χ1) is 7.34. The van der Waals surface area contributed by atoms with E-state index in [9.17, 15) is 4.79 Å². The number of amidine groups is 1. The van der Waals surface area contributed by atoms with Crippen LogP contribution in [0.15, 0.2) is 16.1 Å². The minimum Gasteiger partial charge on any atom is -0.480 e. The molecule has 0 aliphatic heterocycles. The Kier molecular flexibility index (Phi) is 6.41. The summed E-state index contributed by atoms with van der Waals surface area (Å²) in [4.78, 5) is 14.6. The van der Waals surface area contributed by atoms with Crippen molar-refractivity contribution in [2.75, 3.05) is 6.54 Å². The van der Waals surface area contributed by atoms with E-state index in [2.05, 4.69) is 4.99 Å². The second-order valence-corrected chi connectivity index (χ2v) is 3.98. The second kappa shape index (κ2) is 7.00. The van der Waals surface area contributed by atoms with Crippen LogP contribution >= 0.6 is 0 Å². The molecule has 92 valence electrons. The van der Waals surface area contributed by atoms with E-state index in [0.29, 0.717) is 18.8 Å². The van der Waals surface area contributed by atoms with Crippen LogP contribution in [0.3, 0.4) is 0 Å². The number of aliphatic carboxylic acids is 1. The van der Waals surface area contributed by atoms with Crippen molar-refractivity contribution in [3.05, 3.63) is 11.1 Å². The van der Waals surface area contributed by atoms with E-state index in [1.165, 1.54) is 0 Å². The first-order valence-electron chi connectivity index (χ1n) is 5.24. The van der Waals surface area contributed by atoms with Crippen LogP contribution in [0.1, 0.15) is 33.6 Å². The fourth-order valence-electron chi connectivity index (χ4n) is 1.20. The van der Waals surface area contributed by atoms with Gasteiger partial charge in [0.25, 0.3) is 0 Å². The number of hydrogen-bond acceptors (Lipinski definition) is 3. The fourth-order valence-corrected chi connectivity index (χ4v) is 1.20. The van der Waals surface area contributed by atoms with Crippen LogP contribution in [-0.4, -0.2) is 29.5 Å². The van der Waals surface area contributed by atoms with Gasteiger partial charge in [-0.15, -0.1) is 0 Å². The van der Waals surface area contributed by atoms with Gasteiger partial charge in [0.05, 0.1) is 5.84 Å². The first-order valence-corrected chi connectivity index (χ1v) is 5.24. The van der Waals surface area contributed by atoms with Crippen LogP contribution < -0.4 is 11.5 Å². The monoisotopic (exact) mass is 227 g/mol. The lowest BCUT2D eigenvalue weighted by molar-refractivity contribution is -0.138. The summed E-state index contributed by atoms with van der Waals surface area (Å²) in [5, 5.41) is 8.68. The van der Waals surface area contributed by atoms with Crippen LogP contribution in [0.4, 0.5) is 0 Å². The molecule has 1 atom stereocenters. The van der Waals surface area contributed by atoms with E-state index in [4.69, 9.17) is 16.6 Å². The van der Waals surface area contributed by atoms with E-state index in [1.54, 1.807) is 6.92 Å². The van der Waals surface area contributed by atoms with Crippen LogP contribution in [0.25, 0.3) is 0 Å². The Labute approximate surface area is 96.2 Å². The number of rotatable bonds is 6. The average molecular weight is 227 g/mol.